The van der Waals surface area contributed by atoms with Gasteiger partial charge in [0, 0.05) is 4.91 Å². The molecule has 0 bridgehead atoms. The zero-order valence-corrected chi connectivity index (χ0v) is 10.8. The van der Waals surface area contributed by atoms with Crippen LogP contribution in [0.2, 0.25) is 0 Å². The number of anilines is 2. The Balaban J connectivity index is 2.07. The Morgan fingerprint density at radius 2 is 2.10 bits per heavy atom. The van der Waals surface area contributed by atoms with E-state index < -0.39 is 24.3 Å². The second-order valence-corrected chi connectivity index (χ2v) is 4.85. The topological polar surface area (TPSA) is 185 Å². The van der Waals surface area contributed by atoms with Gasteiger partial charge in [-0.15, -0.1) is 0 Å². The van der Waals surface area contributed by atoms with E-state index in [1.807, 2.05) is 0 Å². The van der Waals surface area contributed by atoms with E-state index in [0.29, 0.717) is 11.2 Å². The fraction of sp³-hybridized carbons (Fsp3) is 0.500. The summed E-state index contributed by atoms with van der Waals surface area (Å²) in [6.45, 7) is 0. The first-order chi connectivity index (χ1) is 10.0. The molecule has 0 radical (unpaired) electrons. The predicted molar refractivity (Wildman–Crippen MR) is 72.7 cm³/mol. The molecule has 0 aliphatic heterocycles. The molecule has 11 heteroatoms. The lowest BCUT2D eigenvalue weighted by Crippen LogP contribution is -2.30. The molecule has 3 rings (SSSR count). The highest BCUT2D eigenvalue weighted by molar-refractivity contribution is 5.82. The molecule has 2 aromatic rings. The van der Waals surface area contributed by atoms with Crippen molar-refractivity contribution in [1.82, 2.24) is 19.5 Å². The second kappa shape index (κ2) is 4.74. The van der Waals surface area contributed by atoms with Crippen LogP contribution >= 0.6 is 0 Å². The maximum atomic E-state index is 10.1. The fourth-order valence-corrected chi connectivity index (χ4v) is 2.64. The van der Waals surface area contributed by atoms with Crippen molar-refractivity contribution in [3.63, 3.8) is 0 Å². The van der Waals surface area contributed by atoms with Gasteiger partial charge in [-0.3, -0.25) is 0 Å². The first-order valence-corrected chi connectivity index (χ1v) is 6.18. The van der Waals surface area contributed by atoms with Crippen LogP contribution in [-0.2, 0) is 0 Å². The van der Waals surface area contributed by atoms with Crippen LogP contribution in [-0.4, -0.2) is 48.0 Å². The summed E-state index contributed by atoms with van der Waals surface area (Å²) in [5.41, 5.74) is 20.5. The van der Waals surface area contributed by atoms with E-state index in [4.69, 9.17) is 17.0 Å². The number of nitrogen functional groups attached to an aromatic ring is 2. The lowest BCUT2D eigenvalue weighted by atomic mass is 10.2. The molecule has 1 fully saturated rings. The van der Waals surface area contributed by atoms with Crippen molar-refractivity contribution < 1.29 is 10.2 Å². The van der Waals surface area contributed by atoms with Crippen LogP contribution in [0.3, 0.4) is 0 Å². The van der Waals surface area contributed by atoms with Crippen molar-refractivity contribution in [2.24, 2.45) is 5.11 Å². The molecule has 4 atom stereocenters. The minimum Gasteiger partial charge on any atom is -0.390 e. The quantitative estimate of drug-likeness (QED) is 0.321. The Bertz CT molecular complexity index is 737. The van der Waals surface area contributed by atoms with Crippen LogP contribution in [0, 0.1) is 0 Å². The van der Waals surface area contributed by atoms with E-state index in [0.717, 1.165) is 0 Å². The Morgan fingerprint density at radius 3 is 2.81 bits per heavy atom. The molecule has 6 N–H and O–H groups in total. The lowest BCUT2D eigenvalue weighted by Gasteiger charge is -2.18. The average Bonchev–Trinajstić information content (AvgIpc) is 2.96. The number of fused-ring (bicyclic) bond motifs is 1. The second-order valence-electron chi connectivity index (χ2n) is 4.85. The Labute approximate surface area is 117 Å². The Kier molecular flexibility index (Phi) is 3.01. The summed E-state index contributed by atoms with van der Waals surface area (Å²) in [5.74, 6) is 0.122. The maximum Gasteiger partial charge on any atom is 0.224 e. The van der Waals surface area contributed by atoms with Gasteiger partial charge in [-0.1, -0.05) is 5.11 Å². The number of hydrogen-bond donors (Lipinski definition) is 4. The molecule has 0 spiro atoms. The summed E-state index contributed by atoms with van der Waals surface area (Å²) in [7, 11) is 0. The monoisotopic (exact) mass is 291 g/mol. The maximum absolute atomic E-state index is 10.1. The van der Waals surface area contributed by atoms with Crippen molar-refractivity contribution in [1.29, 1.82) is 0 Å². The van der Waals surface area contributed by atoms with Crippen LogP contribution in [0.5, 0.6) is 0 Å². The first kappa shape index (κ1) is 13.4. The van der Waals surface area contributed by atoms with E-state index in [1.54, 1.807) is 4.57 Å². The highest BCUT2D eigenvalue weighted by Gasteiger charge is 2.42. The fourth-order valence-electron chi connectivity index (χ4n) is 2.64. The van der Waals surface area contributed by atoms with Crippen molar-refractivity contribution in [2.45, 2.75) is 30.7 Å². The molecule has 1 aliphatic carbocycles. The SMILES string of the molecule is [N-]=[N+]=N[C@H]1C[C@@H](n2cnc3c(N)nc(N)nc32)[C@H](O)[C@@H]1O. The number of nitrogens with zero attached hydrogens (tertiary/aromatic N) is 7. The summed E-state index contributed by atoms with van der Waals surface area (Å²) < 4.78 is 1.56. The molecule has 2 aromatic heterocycles. The molecular formula is C10H13N9O2. The van der Waals surface area contributed by atoms with Crippen LogP contribution in [0.4, 0.5) is 11.8 Å². The third kappa shape index (κ3) is 2.00. The van der Waals surface area contributed by atoms with Crippen LogP contribution in [0.25, 0.3) is 21.6 Å². The van der Waals surface area contributed by atoms with Crippen molar-refractivity contribution in [2.75, 3.05) is 11.5 Å². The van der Waals surface area contributed by atoms with Gasteiger partial charge in [0.1, 0.15) is 11.6 Å². The number of aliphatic hydroxyl groups excluding tert-OH is 2. The van der Waals surface area contributed by atoms with Gasteiger partial charge < -0.3 is 26.2 Å². The number of azide groups is 1. The molecule has 0 amide bonds. The number of imidazole rings is 1. The van der Waals surface area contributed by atoms with E-state index in [1.165, 1.54) is 6.33 Å². The number of hydrogen-bond acceptors (Lipinski definition) is 8. The number of aromatic nitrogens is 4. The van der Waals surface area contributed by atoms with Gasteiger partial charge in [-0.2, -0.15) is 9.97 Å². The van der Waals surface area contributed by atoms with Gasteiger partial charge in [-0.05, 0) is 12.0 Å². The standard InChI is InChI=1S/C10H13N9O2/c11-8-5-9(16-10(12)15-8)19(2-14-5)4-1-3(17-18-13)6(20)7(4)21/h2-4,6-7,20-21H,1H2,(H4,11,12,15,16)/t3-,4+,6+,7-/m0/s1. The predicted octanol–water partition coefficient (Wildman–Crippen LogP) is -0.664. The Morgan fingerprint density at radius 1 is 1.33 bits per heavy atom. The third-order valence-corrected chi connectivity index (χ3v) is 3.64. The van der Waals surface area contributed by atoms with Gasteiger partial charge in [0.15, 0.2) is 11.5 Å². The highest BCUT2D eigenvalue weighted by Crippen LogP contribution is 2.35. The molecule has 0 unspecified atom stereocenters. The highest BCUT2D eigenvalue weighted by atomic mass is 16.3. The normalized spacial score (nSPS) is 28.7. The largest absolute Gasteiger partial charge is 0.390 e. The molecule has 1 aliphatic rings. The molecule has 2 heterocycles. The molecule has 0 saturated heterocycles. The van der Waals surface area contributed by atoms with Crippen LogP contribution < -0.4 is 11.5 Å². The summed E-state index contributed by atoms with van der Waals surface area (Å²) in [5, 5.41) is 23.5. The lowest BCUT2D eigenvalue weighted by molar-refractivity contribution is 0.0187. The van der Waals surface area contributed by atoms with Crippen molar-refractivity contribution >= 4 is 22.9 Å². The van der Waals surface area contributed by atoms with Crippen LogP contribution in [0.1, 0.15) is 12.5 Å². The van der Waals surface area contributed by atoms with Gasteiger partial charge >= 0.3 is 0 Å². The van der Waals surface area contributed by atoms with Gasteiger partial charge in [0.2, 0.25) is 5.95 Å². The third-order valence-electron chi connectivity index (χ3n) is 3.64. The molecule has 21 heavy (non-hydrogen) atoms. The zero-order valence-electron chi connectivity index (χ0n) is 10.8. The summed E-state index contributed by atoms with van der Waals surface area (Å²) in [4.78, 5) is 14.6. The summed E-state index contributed by atoms with van der Waals surface area (Å²) in [6, 6.07) is -1.27. The van der Waals surface area contributed by atoms with Gasteiger partial charge in [0.05, 0.1) is 24.5 Å². The summed E-state index contributed by atoms with van der Waals surface area (Å²) in [6.07, 6.45) is -0.578. The van der Waals surface area contributed by atoms with Gasteiger partial charge in [0.25, 0.3) is 0 Å². The molecule has 11 nitrogen and oxygen atoms in total. The molecular weight excluding hydrogens is 278 g/mol. The van der Waals surface area contributed by atoms with Gasteiger partial charge in [-0.25, -0.2) is 4.98 Å². The number of nitrogens with two attached hydrogens (primary N) is 2. The van der Waals surface area contributed by atoms with Crippen molar-refractivity contribution in [3.8, 4) is 0 Å². The number of rotatable bonds is 2. The number of aliphatic hydroxyl groups is 2. The smallest absolute Gasteiger partial charge is 0.224 e. The summed E-state index contributed by atoms with van der Waals surface area (Å²) >= 11 is 0. The van der Waals surface area contributed by atoms with E-state index in [-0.39, 0.29) is 18.2 Å². The first-order valence-electron chi connectivity index (χ1n) is 6.18. The molecule has 110 valence electrons. The minimum atomic E-state index is -1.15. The molecule has 1 saturated carbocycles. The van der Waals surface area contributed by atoms with Crippen molar-refractivity contribution in [3.05, 3.63) is 16.8 Å². The van der Waals surface area contributed by atoms with Crippen LogP contribution in [0.15, 0.2) is 11.4 Å². The van der Waals surface area contributed by atoms with E-state index in [2.05, 4.69) is 25.0 Å². The van der Waals surface area contributed by atoms with E-state index in [9.17, 15) is 10.2 Å². The zero-order chi connectivity index (χ0) is 15.1. The Hall–Kier alpha value is -2.62. The van der Waals surface area contributed by atoms with E-state index >= 15 is 0 Å². The minimum absolute atomic E-state index is 0.0126. The molecule has 0 aromatic carbocycles. The average molecular weight is 291 g/mol.